The molecule has 1 aliphatic carbocycles. The highest BCUT2D eigenvalue weighted by molar-refractivity contribution is 5.55. The van der Waals surface area contributed by atoms with E-state index in [4.69, 9.17) is 10.8 Å². The molecular weight excluding hydrogens is 240 g/mol. The summed E-state index contributed by atoms with van der Waals surface area (Å²) in [6.07, 6.45) is 4.42. The first-order valence-corrected chi connectivity index (χ1v) is 7.09. The summed E-state index contributed by atoms with van der Waals surface area (Å²) in [5, 5.41) is 19.1. The zero-order valence-electron chi connectivity index (χ0n) is 11.5. The molecule has 0 heterocycles. The highest BCUT2D eigenvalue weighted by atomic mass is 16.3. The van der Waals surface area contributed by atoms with Crippen molar-refractivity contribution in [2.24, 2.45) is 5.73 Å². The van der Waals surface area contributed by atoms with E-state index in [0.29, 0.717) is 6.04 Å². The van der Waals surface area contributed by atoms with Crippen molar-refractivity contribution in [1.82, 2.24) is 0 Å². The Morgan fingerprint density at radius 3 is 2.63 bits per heavy atom. The summed E-state index contributed by atoms with van der Waals surface area (Å²) in [6.45, 7) is 2.90. The lowest BCUT2D eigenvalue weighted by Crippen LogP contribution is -2.41. The van der Waals surface area contributed by atoms with Crippen molar-refractivity contribution in [2.45, 2.75) is 44.7 Å². The van der Waals surface area contributed by atoms with Crippen molar-refractivity contribution in [2.75, 3.05) is 18.1 Å². The summed E-state index contributed by atoms with van der Waals surface area (Å²) < 4.78 is 0. The van der Waals surface area contributed by atoms with Crippen LogP contribution in [0.25, 0.3) is 0 Å². The number of aliphatic hydroxyl groups is 1. The number of nitrogens with zero attached hydrogens (tertiary/aromatic N) is 1. The highest BCUT2D eigenvalue weighted by Gasteiger charge is 2.25. The minimum Gasteiger partial charge on any atom is -0.508 e. The molecule has 1 aliphatic rings. The number of phenols is 1. The maximum absolute atomic E-state index is 10.1. The van der Waals surface area contributed by atoms with Crippen LogP contribution in [0.1, 0.15) is 44.2 Å². The molecule has 0 saturated heterocycles. The van der Waals surface area contributed by atoms with Gasteiger partial charge in [0.1, 0.15) is 5.75 Å². The third-order valence-electron chi connectivity index (χ3n) is 3.91. The molecule has 0 spiro atoms. The molecule has 4 nitrogen and oxygen atoms in total. The van der Waals surface area contributed by atoms with Gasteiger partial charge in [0, 0.05) is 42.6 Å². The van der Waals surface area contributed by atoms with Crippen LogP contribution in [0, 0.1) is 0 Å². The van der Waals surface area contributed by atoms with Gasteiger partial charge in [0.2, 0.25) is 0 Å². The van der Waals surface area contributed by atoms with E-state index in [1.165, 1.54) is 19.3 Å². The zero-order valence-corrected chi connectivity index (χ0v) is 11.5. The molecule has 0 amide bonds. The molecule has 1 fully saturated rings. The van der Waals surface area contributed by atoms with Gasteiger partial charge in [-0.05, 0) is 38.7 Å². The van der Waals surface area contributed by atoms with E-state index in [2.05, 4.69) is 4.90 Å². The topological polar surface area (TPSA) is 69.7 Å². The Morgan fingerprint density at radius 2 is 2.16 bits per heavy atom. The van der Waals surface area contributed by atoms with Gasteiger partial charge in [-0.3, -0.25) is 0 Å². The number of hydrogen-bond acceptors (Lipinski definition) is 4. The average molecular weight is 264 g/mol. The molecule has 1 aromatic carbocycles. The maximum Gasteiger partial charge on any atom is 0.122 e. The summed E-state index contributed by atoms with van der Waals surface area (Å²) in [5.74, 6) is 0.265. The molecule has 4 N–H and O–H groups in total. The number of phenolic OH excluding ortho intramolecular Hbond substituents is 1. The van der Waals surface area contributed by atoms with Crippen molar-refractivity contribution >= 4 is 5.69 Å². The number of anilines is 1. The Balaban J connectivity index is 2.18. The SMILES string of the molecule is CC(N)c1ccc(N(CCCO)C2CCC2)cc1O. The molecule has 0 aliphatic heterocycles. The normalized spacial score (nSPS) is 17.0. The molecule has 1 aromatic rings. The first kappa shape index (κ1) is 14.2. The molecule has 19 heavy (non-hydrogen) atoms. The Kier molecular flexibility index (Phi) is 4.66. The Morgan fingerprint density at radius 1 is 1.42 bits per heavy atom. The first-order chi connectivity index (χ1) is 9.13. The van der Waals surface area contributed by atoms with Gasteiger partial charge >= 0.3 is 0 Å². The standard InChI is InChI=1S/C15H24N2O2/c1-11(16)14-7-6-13(10-15(14)19)17(8-3-9-18)12-4-2-5-12/h6-7,10-12,18-19H,2-5,8-9,16H2,1H3. The van der Waals surface area contributed by atoms with E-state index in [9.17, 15) is 5.11 Å². The monoisotopic (exact) mass is 264 g/mol. The van der Waals surface area contributed by atoms with Crippen LogP contribution in [-0.2, 0) is 0 Å². The molecule has 0 aromatic heterocycles. The lowest BCUT2D eigenvalue weighted by molar-refractivity contribution is 0.283. The molecule has 0 radical (unpaired) electrons. The van der Waals surface area contributed by atoms with Crippen LogP contribution < -0.4 is 10.6 Å². The predicted molar refractivity (Wildman–Crippen MR) is 77.4 cm³/mol. The fourth-order valence-corrected chi connectivity index (χ4v) is 2.56. The molecule has 106 valence electrons. The van der Waals surface area contributed by atoms with E-state index < -0.39 is 0 Å². The zero-order chi connectivity index (χ0) is 13.8. The molecule has 1 saturated carbocycles. The quantitative estimate of drug-likeness (QED) is 0.736. The van der Waals surface area contributed by atoms with Crippen LogP contribution in [0.5, 0.6) is 5.75 Å². The minimum atomic E-state index is -0.163. The summed E-state index contributed by atoms with van der Waals surface area (Å²) >= 11 is 0. The summed E-state index contributed by atoms with van der Waals surface area (Å²) in [4.78, 5) is 2.30. The van der Waals surface area contributed by atoms with Crippen LogP contribution in [0.15, 0.2) is 18.2 Å². The minimum absolute atomic E-state index is 0.163. The van der Waals surface area contributed by atoms with Crippen molar-refractivity contribution in [3.8, 4) is 5.75 Å². The van der Waals surface area contributed by atoms with E-state index in [-0.39, 0.29) is 18.4 Å². The Labute approximate surface area is 114 Å². The van der Waals surface area contributed by atoms with Crippen molar-refractivity contribution in [3.05, 3.63) is 23.8 Å². The van der Waals surface area contributed by atoms with Crippen LogP contribution in [0.2, 0.25) is 0 Å². The third kappa shape index (κ3) is 3.19. The Bertz CT molecular complexity index is 417. The smallest absolute Gasteiger partial charge is 0.122 e. The second kappa shape index (κ2) is 6.26. The number of rotatable bonds is 6. The van der Waals surface area contributed by atoms with Crippen LogP contribution in [0.4, 0.5) is 5.69 Å². The van der Waals surface area contributed by atoms with E-state index >= 15 is 0 Å². The number of nitrogens with two attached hydrogens (primary N) is 1. The predicted octanol–water partition coefficient (Wildman–Crippen LogP) is 2.15. The van der Waals surface area contributed by atoms with Gasteiger partial charge in [-0.1, -0.05) is 6.07 Å². The number of aromatic hydroxyl groups is 1. The second-order valence-electron chi connectivity index (χ2n) is 5.39. The number of aliphatic hydroxyl groups excluding tert-OH is 1. The molecule has 4 heteroatoms. The summed E-state index contributed by atoms with van der Waals surface area (Å²) in [5.41, 5.74) is 7.62. The van der Waals surface area contributed by atoms with Gasteiger partial charge in [0.25, 0.3) is 0 Å². The average Bonchev–Trinajstić information content (AvgIpc) is 2.31. The fourth-order valence-electron chi connectivity index (χ4n) is 2.56. The van der Waals surface area contributed by atoms with Crippen molar-refractivity contribution in [3.63, 3.8) is 0 Å². The number of benzene rings is 1. The van der Waals surface area contributed by atoms with Crippen molar-refractivity contribution in [1.29, 1.82) is 0 Å². The molecule has 0 bridgehead atoms. The Hall–Kier alpha value is -1.26. The molecular formula is C15H24N2O2. The van der Waals surface area contributed by atoms with Gasteiger partial charge in [-0.15, -0.1) is 0 Å². The molecule has 1 unspecified atom stereocenters. The van der Waals surface area contributed by atoms with Crippen LogP contribution >= 0.6 is 0 Å². The highest BCUT2D eigenvalue weighted by Crippen LogP contribution is 2.33. The van der Waals surface area contributed by atoms with E-state index in [1.807, 2.05) is 19.1 Å². The lowest BCUT2D eigenvalue weighted by atomic mass is 9.90. The largest absolute Gasteiger partial charge is 0.508 e. The summed E-state index contributed by atoms with van der Waals surface area (Å²) in [6, 6.07) is 6.11. The van der Waals surface area contributed by atoms with Gasteiger partial charge in [-0.25, -0.2) is 0 Å². The maximum atomic E-state index is 10.1. The van der Waals surface area contributed by atoms with Gasteiger partial charge in [0.05, 0.1) is 0 Å². The number of hydrogen-bond donors (Lipinski definition) is 3. The van der Waals surface area contributed by atoms with Gasteiger partial charge < -0.3 is 20.8 Å². The van der Waals surface area contributed by atoms with E-state index in [0.717, 1.165) is 24.2 Å². The van der Waals surface area contributed by atoms with Gasteiger partial charge in [-0.2, -0.15) is 0 Å². The van der Waals surface area contributed by atoms with Crippen molar-refractivity contribution < 1.29 is 10.2 Å². The first-order valence-electron chi connectivity index (χ1n) is 7.09. The molecule has 1 atom stereocenters. The van der Waals surface area contributed by atoms with Gasteiger partial charge in [0.15, 0.2) is 0 Å². The van der Waals surface area contributed by atoms with Crippen LogP contribution in [0.3, 0.4) is 0 Å². The molecule has 2 rings (SSSR count). The lowest BCUT2D eigenvalue weighted by Gasteiger charge is -2.39. The second-order valence-corrected chi connectivity index (χ2v) is 5.39. The van der Waals surface area contributed by atoms with E-state index in [1.54, 1.807) is 6.07 Å². The third-order valence-corrected chi connectivity index (χ3v) is 3.91. The van der Waals surface area contributed by atoms with Crippen LogP contribution in [-0.4, -0.2) is 29.4 Å². The summed E-state index contributed by atoms with van der Waals surface area (Å²) in [7, 11) is 0. The fraction of sp³-hybridized carbons (Fsp3) is 0.600.